The Bertz CT molecular complexity index is 568. The average Bonchev–Trinajstić information content (AvgIpc) is 3.22. The zero-order valence-electron chi connectivity index (χ0n) is 11.5. The summed E-state index contributed by atoms with van der Waals surface area (Å²) in [5.74, 6) is -0.667. The van der Waals surface area contributed by atoms with Gasteiger partial charge in [0.1, 0.15) is 11.2 Å². The predicted octanol–water partition coefficient (Wildman–Crippen LogP) is 1.84. The van der Waals surface area contributed by atoms with E-state index in [4.69, 9.17) is 10.9 Å². The number of amidine groups is 1. The van der Waals surface area contributed by atoms with Gasteiger partial charge in [-0.1, -0.05) is 17.3 Å². The van der Waals surface area contributed by atoms with Crippen LogP contribution in [-0.4, -0.2) is 17.0 Å². The number of halogens is 1. The van der Waals surface area contributed by atoms with Gasteiger partial charge in [-0.05, 0) is 43.9 Å². The van der Waals surface area contributed by atoms with Crippen molar-refractivity contribution in [1.29, 1.82) is 0 Å². The first-order valence-electron chi connectivity index (χ1n) is 6.46. The third-order valence-corrected chi connectivity index (χ3v) is 3.83. The minimum atomic E-state index is -0.897. The van der Waals surface area contributed by atoms with Crippen LogP contribution < -0.4 is 11.1 Å². The van der Waals surface area contributed by atoms with Crippen LogP contribution in [0, 0.1) is 18.2 Å². The number of nitrogens with zero attached hydrogens (tertiary/aromatic N) is 1. The highest BCUT2D eigenvalue weighted by atomic mass is 19.1. The largest absolute Gasteiger partial charge is 0.409 e. The molecule has 1 aliphatic rings. The molecule has 1 aromatic rings. The molecule has 0 saturated heterocycles. The van der Waals surface area contributed by atoms with Gasteiger partial charge in [0.2, 0.25) is 5.91 Å². The summed E-state index contributed by atoms with van der Waals surface area (Å²) in [6, 6.07) is 4.50. The van der Waals surface area contributed by atoms with Gasteiger partial charge in [0.05, 0.1) is 6.04 Å². The van der Waals surface area contributed by atoms with Crippen LogP contribution in [0.15, 0.2) is 23.4 Å². The van der Waals surface area contributed by atoms with Crippen molar-refractivity contribution in [2.45, 2.75) is 32.7 Å². The number of nitrogens with one attached hydrogen (secondary N) is 1. The van der Waals surface area contributed by atoms with E-state index < -0.39 is 5.41 Å². The van der Waals surface area contributed by atoms with E-state index in [1.165, 1.54) is 6.07 Å². The lowest BCUT2D eigenvalue weighted by atomic mass is 10.0. The monoisotopic (exact) mass is 279 g/mol. The Morgan fingerprint density at radius 1 is 1.55 bits per heavy atom. The number of carbonyl (C=O) groups is 1. The lowest BCUT2D eigenvalue weighted by molar-refractivity contribution is -0.124. The molecule has 2 rings (SSSR count). The maximum Gasteiger partial charge on any atom is 0.234 e. The highest BCUT2D eigenvalue weighted by Gasteiger charge is 2.54. The van der Waals surface area contributed by atoms with Crippen molar-refractivity contribution < 1.29 is 14.4 Å². The predicted molar refractivity (Wildman–Crippen MR) is 72.8 cm³/mol. The molecule has 1 unspecified atom stereocenters. The molecule has 5 nitrogen and oxygen atoms in total. The van der Waals surface area contributed by atoms with E-state index in [2.05, 4.69) is 10.5 Å². The molecule has 0 heterocycles. The summed E-state index contributed by atoms with van der Waals surface area (Å²) in [6.07, 6.45) is 1.12. The van der Waals surface area contributed by atoms with E-state index >= 15 is 0 Å². The summed E-state index contributed by atoms with van der Waals surface area (Å²) < 4.78 is 13.5. The molecule has 0 radical (unpaired) electrons. The van der Waals surface area contributed by atoms with E-state index in [1.54, 1.807) is 26.0 Å². The van der Waals surface area contributed by atoms with Gasteiger partial charge in [-0.3, -0.25) is 4.79 Å². The van der Waals surface area contributed by atoms with Crippen molar-refractivity contribution in [2.75, 3.05) is 0 Å². The fraction of sp³-hybridized carbons (Fsp3) is 0.429. The Morgan fingerprint density at radius 3 is 2.70 bits per heavy atom. The number of hydrogen-bond acceptors (Lipinski definition) is 3. The van der Waals surface area contributed by atoms with Gasteiger partial charge in [0.15, 0.2) is 5.84 Å². The van der Waals surface area contributed by atoms with Crippen molar-refractivity contribution in [3.05, 3.63) is 35.1 Å². The zero-order chi connectivity index (χ0) is 14.9. The van der Waals surface area contributed by atoms with E-state index in [0.717, 1.165) is 0 Å². The second-order valence-electron chi connectivity index (χ2n) is 5.27. The number of carbonyl (C=O) groups excluding carboxylic acids is 1. The molecule has 1 saturated carbocycles. The molecule has 0 aliphatic heterocycles. The Kier molecular flexibility index (Phi) is 3.65. The minimum Gasteiger partial charge on any atom is -0.409 e. The highest BCUT2D eigenvalue weighted by Crippen LogP contribution is 2.46. The molecule has 4 N–H and O–H groups in total. The van der Waals surface area contributed by atoms with Crippen LogP contribution in [0.4, 0.5) is 4.39 Å². The van der Waals surface area contributed by atoms with Crippen LogP contribution >= 0.6 is 0 Å². The molecular weight excluding hydrogens is 261 g/mol. The maximum atomic E-state index is 13.5. The Labute approximate surface area is 116 Å². The smallest absolute Gasteiger partial charge is 0.234 e. The van der Waals surface area contributed by atoms with Crippen molar-refractivity contribution in [1.82, 2.24) is 5.32 Å². The number of nitrogens with two attached hydrogens (primary N) is 1. The summed E-state index contributed by atoms with van der Waals surface area (Å²) in [7, 11) is 0. The molecule has 20 heavy (non-hydrogen) atoms. The summed E-state index contributed by atoms with van der Waals surface area (Å²) in [5, 5.41) is 14.4. The maximum absolute atomic E-state index is 13.5. The molecule has 1 fully saturated rings. The van der Waals surface area contributed by atoms with Crippen molar-refractivity contribution in [3.8, 4) is 0 Å². The van der Waals surface area contributed by atoms with Gasteiger partial charge in [-0.25, -0.2) is 4.39 Å². The molecule has 108 valence electrons. The second kappa shape index (κ2) is 5.11. The Hall–Kier alpha value is -2.11. The molecule has 1 aromatic carbocycles. The molecule has 0 spiro atoms. The topological polar surface area (TPSA) is 87.7 Å². The fourth-order valence-corrected chi connectivity index (χ4v) is 2.12. The zero-order valence-corrected chi connectivity index (χ0v) is 11.5. The third kappa shape index (κ3) is 2.45. The molecule has 6 heteroatoms. The van der Waals surface area contributed by atoms with Crippen LogP contribution in [0.5, 0.6) is 0 Å². The number of benzene rings is 1. The molecule has 0 bridgehead atoms. The van der Waals surface area contributed by atoms with E-state index in [0.29, 0.717) is 24.0 Å². The summed E-state index contributed by atoms with van der Waals surface area (Å²) in [6.45, 7) is 3.45. The number of hydrogen-bond donors (Lipinski definition) is 3. The molecule has 0 aromatic heterocycles. The molecule has 1 amide bonds. The lowest BCUT2D eigenvalue weighted by Gasteiger charge is -2.19. The van der Waals surface area contributed by atoms with Gasteiger partial charge in [-0.15, -0.1) is 0 Å². The van der Waals surface area contributed by atoms with E-state index in [9.17, 15) is 9.18 Å². The number of aryl methyl sites for hydroxylation is 1. The van der Waals surface area contributed by atoms with Crippen LogP contribution in [0.2, 0.25) is 0 Å². The minimum absolute atomic E-state index is 0.0720. The Morgan fingerprint density at radius 2 is 2.20 bits per heavy atom. The molecule has 1 aliphatic carbocycles. The second-order valence-corrected chi connectivity index (χ2v) is 5.27. The first kappa shape index (κ1) is 14.3. The van der Waals surface area contributed by atoms with Gasteiger partial charge < -0.3 is 16.3 Å². The Balaban J connectivity index is 2.10. The normalized spacial score (nSPS) is 18.4. The standard InChI is InChI=1S/C14H18FN3O2/c1-8-3-4-10(7-11(8)15)9(2)17-13(19)14(5-6-14)12(16)18-20/h3-4,7,9,20H,5-6H2,1-2H3,(H2,16,18)(H,17,19). The number of amides is 1. The van der Waals surface area contributed by atoms with E-state index in [-0.39, 0.29) is 23.6 Å². The van der Waals surface area contributed by atoms with Crippen molar-refractivity contribution in [2.24, 2.45) is 16.3 Å². The third-order valence-electron chi connectivity index (χ3n) is 3.83. The fourth-order valence-electron chi connectivity index (χ4n) is 2.12. The molecular formula is C14H18FN3O2. The van der Waals surface area contributed by atoms with E-state index in [1.807, 2.05) is 0 Å². The van der Waals surface area contributed by atoms with Crippen LogP contribution in [-0.2, 0) is 4.79 Å². The van der Waals surface area contributed by atoms with Gasteiger partial charge in [-0.2, -0.15) is 0 Å². The van der Waals surface area contributed by atoms with Crippen molar-refractivity contribution in [3.63, 3.8) is 0 Å². The first-order chi connectivity index (χ1) is 9.40. The summed E-state index contributed by atoms with van der Waals surface area (Å²) >= 11 is 0. The van der Waals surface area contributed by atoms with Crippen LogP contribution in [0.25, 0.3) is 0 Å². The summed E-state index contributed by atoms with van der Waals surface area (Å²) in [5.41, 5.74) is 5.89. The number of oxime groups is 1. The van der Waals surface area contributed by atoms with Gasteiger partial charge in [0.25, 0.3) is 0 Å². The first-order valence-corrected chi connectivity index (χ1v) is 6.46. The summed E-state index contributed by atoms with van der Waals surface area (Å²) in [4.78, 5) is 12.2. The van der Waals surface area contributed by atoms with Crippen LogP contribution in [0.3, 0.4) is 0 Å². The van der Waals surface area contributed by atoms with Gasteiger partial charge >= 0.3 is 0 Å². The van der Waals surface area contributed by atoms with Crippen LogP contribution in [0.1, 0.15) is 36.9 Å². The van der Waals surface area contributed by atoms with Crippen molar-refractivity contribution >= 4 is 11.7 Å². The van der Waals surface area contributed by atoms with Gasteiger partial charge in [0, 0.05) is 0 Å². The lowest BCUT2D eigenvalue weighted by Crippen LogP contribution is -2.41. The SMILES string of the molecule is Cc1ccc(C(C)NC(=O)C2(/C(N)=N/O)CC2)cc1F. The number of rotatable bonds is 4. The molecule has 1 atom stereocenters. The average molecular weight is 279 g/mol. The quantitative estimate of drug-likeness (QED) is 0.340. The highest BCUT2D eigenvalue weighted by molar-refractivity contribution is 6.09.